The maximum Gasteiger partial charge on any atom is 0.328 e. The minimum absolute atomic E-state index is 0.0344. The number of urea groups is 1. The molecule has 112 valence electrons. The van der Waals surface area contributed by atoms with Crippen molar-refractivity contribution in [1.29, 1.82) is 0 Å². The molecule has 2 atom stereocenters. The first-order chi connectivity index (χ1) is 10.1. The molecular weight excluding hydrogens is 272 g/mol. The van der Waals surface area contributed by atoms with Gasteiger partial charge in [0.15, 0.2) is 6.04 Å². The predicted octanol–water partition coefficient (Wildman–Crippen LogP) is 1.34. The molecule has 0 aliphatic carbocycles. The molecule has 1 fully saturated rings. The molecule has 6 nitrogen and oxygen atoms in total. The topological polar surface area (TPSA) is 70.1 Å². The van der Waals surface area contributed by atoms with Crippen molar-refractivity contribution in [2.75, 3.05) is 24.7 Å². The minimum atomic E-state index is -1.02. The zero-order valence-corrected chi connectivity index (χ0v) is 11.9. The molecule has 2 aliphatic rings. The number of morpholine rings is 1. The molecule has 2 heterocycles. The van der Waals surface area contributed by atoms with E-state index in [1.165, 1.54) is 4.90 Å². The summed E-state index contributed by atoms with van der Waals surface area (Å²) < 4.78 is 5.19. The molecule has 2 aliphatic heterocycles. The molecule has 2 amide bonds. The Morgan fingerprint density at radius 2 is 2.10 bits per heavy atom. The Bertz CT molecular complexity index is 575. The van der Waals surface area contributed by atoms with Crippen LogP contribution in [0.25, 0.3) is 0 Å². The fraction of sp³-hybridized carbons (Fsp3) is 0.467. The Morgan fingerprint density at radius 1 is 1.33 bits per heavy atom. The number of carboxylic acid groups (broad SMARTS) is 1. The van der Waals surface area contributed by atoms with Gasteiger partial charge in [-0.3, -0.25) is 4.90 Å². The first kappa shape index (κ1) is 13.9. The molecule has 1 aromatic rings. The Hall–Kier alpha value is -2.08. The third-order valence-electron chi connectivity index (χ3n) is 4.07. The molecule has 1 aromatic carbocycles. The van der Waals surface area contributed by atoms with Gasteiger partial charge in [-0.2, -0.15) is 0 Å². The number of benzene rings is 1. The van der Waals surface area contributed by atoms with Crippen molar-refractivity contribution in [1.82, 2.24) is 4.90 Å². The maximum atomic E-state index is 12.8. The number of carbonyl (C=O) groups excluding carboxylic acids is 1. The Kier molecular flexibility index (Phi) is 3.55. The molecule has 0 aromatic heterocycles. The molecule has 0 radical (unpaired) electrons. The maximum absolute atomic E-state index is 12.8. The lowest BCUT2D eigenvalue weighted by molar-refractivity contribution is -0.147. The summed E-state index contributed by atoms with van der Waals surface area (Å²) in [6.07, 6.45) is 0.796. The quantitative estimate of drug-likeness (QED) is 0.847. The number of anilines is 1. The fourth-order valence-corrected chi connectivity index (χ4v) is 3.03. The highest BCUT2D eigenvalue weighted by atomic mass is 16.5. The number of ether oxygens (including phenoxy) is 1. The van der Waals surface area contributed by atoms with Crippen LogP contribution in [0.1, 0.15) is 12.5 Å². The van der Waals surface area contributed by atoms with Gasteiger partial charge in [0.2, 0.25) is 0 Å². The van der Waals surface area contributed by atoms with Crippen LogP contribution in [-0.2, 0) is 16.0 Å². The van der Waals surface area contributed by atoms with E-state index in [-0.39, 0.29) is 18.7 Å². The highest BCUT2D eigenvalue weighted by Crippen LogP contribution is 2.33. The van der Waals surface area contributed by atoms with Gasteiger partial charge in [-0.25, -0.2) is 9.59 Å². The number of hydrogen-bond acceptors (Lipinski definition) is 3. The van der Waals surface area contributed by atoms with E-state index in [0.717, 1.165) is 17.7 Å². The zero-order chi connectivity index (χ0) is 15.0. The number of carboxylic acids is 1. The predicted molar refractivity (Wildman–Crippen MR) is 76.4 cm³/mol. The fourth-order valence-electron chi connectivity index (χ4n) is 3.03. The van der Waals surface area contributed by atoms with Crippen molar-refractivity contribution < 1.29 is 19.4 Å². The number of aliphatic carboxylic acids is 1. The van der Waals surface area contributed by atoms with E-state index >= 15 is 0 Å². The van der Waals surface area contributed by atoms with Gasteiger partial charge in [0.25, 0.3) is 0 Å². The van der Waals surface area contributed by atoms with Gasteiger partial charge in [-0.1, -0.05) is 18.2 Å². The van der Waals surface area contributed by atoms with E-state index in [2.05, 4.69) is 0 Å². The lowest BCUT2D eigenvalue weighted by Gasteiger charge is -2.37. The number of amides is 2. The lowest BCUT2D eigenvalue weighted by atomic mass is 10.1. The van der Waals surface area contributed by atoms with Crippen LogP contribution in [0.15, 0.2) is 24.3 Å². The number of fused-ring (bicyclic) bond motifs is 1. The van der Waals surface area contributed by atoms with Crippen LogP contribution in [0, 0.1) is 0 Å². The third kappa shape index (κ3) is 2.35. The number of rotatable bonds is 1. The number of para-hydroxylation sites is 1. The van der Waals surface area contributed by atoms with Crippen molar-refractivity contribution in [2.24, 2.45) is 0 Å². The van der Waals surface area contributed by atoms with Crippen molar-refractivity contribution in [2.45, 2.75) is 25.4 Å². The SMILES string of the molecule is CC1Cc2ccccc2N1C(=O)N1CCOCC1C(=O)O. The summed E-state index contributed by atoms with van der Waals surface area (Å²) in [5.41, 5.74) is 2.00. The molecule has 0 saturated carbocycles. The van der Waals surface area contributed by atoms with Gasteiger partial charge in [0.05, 0.1) is 13.2 Å². The van der Waals surface area contributed by atoms with E-state index in [1.54, 1.807) is 4.90 Å². The van der Waals surface area contributed by atoms with Crippen molar-refractivity contribution in [3.63, 3.8) is 0 Å². The monoisotopic (exact) mass is 290 g/mol. The van der Waals surface area contributed by atoms with Crippen molar-refractivity contribution in [3.8, 4) is 0 Å². The minimum Gasteiger partial charge on any atom is -0.480 e. The van der Waals surface area contributed by atoms with Gasteiger partial charge in [-0.05, 0) is 25.0 Å². The van der Waals surface area contributed by atoms with Gasteiger partial charge in [0.1, 0.15) is 0 Å². The first-order valence-electron chi connectivity index (χ1n) is 7.08. The molecule has 3 rings (SSSR count). The molecule has 2 unspecified atom stereocenters. The molecular formula is C15H18N2O4. The number of nitrogens with zero attached hydrogens (tertiary/aromatic N) is 2. The second-order valence-corrected chi connectivity index (χ2v) is 5.46. The van der Waals surface area contributed by atoms with Crippen LogP contribution >= 0.6 is 0 Å². The molecule has 0 bridgehead atoms. The Morgan fingerprint density at radius 3 is 2.86 bits per heavy atom. The van der Waals surface area contributed by atoms with Crippen LogP contribution in [0.5, 0.6) is 0 Å². The highest BCUT2D eigenvalue weighted by Gasteiger charge is 2.39. The summed E-state index contributed by atoms with van der Waals surface area (Å²) in [5, 5.41) is 9.27. The largest absolute Gasteiger partial charge is 0.480 e. The molecule has 1 N–H and O–H groups in total. The van der Waals surface area contributed by atoms with Crippen LogP contribution < -0.4 is 4.90 Å². The molecule has 6 heteroatoms. The van der Waals surface area contributed by atoms with E-state index in [0.29, 0.717) is 13.2 Å². The van der Waals surface area contributed by atoms with Crippen LogP contribution in [0.3, 0.4) is 0 Å². The van der Waals surface area contributed by atoms with Gasteiger partial charge < -0.3 is 14.7 Å². The zero-order valence-electron chi connectivity index (χ0n) is 11.9. The van der Waals surface area contributed by atoms with Crippen molar-refractivity contribution in [3.05, 3.63) is 29.8 Å². The van der Waals surface area contributed by atoms with Gasteiger partial charge >= 0.3 is 12.0 Å². The van der Waals surface area contributed by atoms with Gasteiger partial charge in [0, 0.05) is 18.3 Å². The van der Waals surface area contributed by atoms with Gasteiger partial charge in [-0.15, -0.1) is 0 Å². The van der Waals surface area contributed by atoms with Crippen LogP contribution in [0.2, 0.25) is 0 Å². The smallest absolute Gasteiger partial charge is 0.328 e. The Labute approximate surface area is 122 Å². The first-order valence-corrected chi connectivity index (χ1v) is 7.08. The van der Waals surface area contributed by atoms with Crippen molar-refractivity contribution >= 4 is 17.7 Å². The summed E-state index contributed by atoms with van der Waals surface area (Å²) >= 11 is 0. The molecule has 0 spiro atoms. The lowest BCUT2D eigenvalue weighted by Crippen LogP contribution is -2.57. The normalized spacial score (nSPS) is 24.8. The summed E-state index contributed by atoms with van der Waals surface area (Å²) in [4.78, 5) is 27.3. The highest BCUT2D eigenvalue weighted by molar-refractivity contribution is 5.97. The van der Waals surface area contributed by atoms with E-state index in [9.17, 15) is 14.7 Å². The third-order valence-corrected chi connectivity index (χ3v) is 4.07. The number of carbonyl (C=O) groups is 2. The van der Waals surface area contributed by atoms with E-state index < -0.39 is 12.0 Å². The van der Waals surface area contributed by atoms with E-state index in [4.69, 9.17) is 4.74 Å². The summed E-state index contributed by atoms with van der Waals surface area (Å²) in [5.74, 6) is -1.02. The average molecular weight is 290 g/mol. The molecule has 21 heavy (non-hydrogen) atoms. The number of hydrogen-bond donors (Lipinski definition) is 1. The second kappa shape index (κ2) is 5.37. The standard InChI is InChI=1S/C15H18N2O4/c1-10-8-11-4-2-3-5-12(11)17(10)15(20)16-6-7-21-9-13(16)14(18)19/h2-5,10,13H,6-9H2,1H3,(H,18,19). The average Bonchev–Trinajstić information content (AvgIpc) is 2.82. The summed E-state index contributed by atoms with van der Waals surface area (Å²) in [6, 6.07) is 6.64. The summed E-state index contributed by atoms with van der Waals surface area (Å²) in [7, 11) is 0. The molecule has 1 saturated heterocycles. The second-order valence-electron chi connectivity index (χ2n) is 5.46. The van der Waals surface area contributed by atoms with Crippen LogP contribution in [0.4, 0.5) is 10.5 Å². The van der Waals surface area contributed by atoms with Crippen LogP contribution in [-0.4, -0.2) is 53.8 Å². The van der Waals surface area contributed by atoms with E-state index in [1.807, 2.05) is 31.2 Å². The Balaban J connectivity index is 1.89. The summed E-state index contributed by atoms with van der Waals surface area (Å²) in [6.45, 7) is 2.71.